The molecule has 4 heteroatoms. The largest absolute Gasteiger partial charge is 0.348 e. The maximum absolute atomic E-state index is 12.9. The number of hydrogen-bond acceptors (Lipinski definition) is 2. The van der Waals surface area contributed by atoms with Gasteiger partial charge in [0.25, 0.3) is 0 Å². The number of fused-ring (bicyclic) bond motifs is 1. The summed E-state index contributed by atoms with van der Waals surface area (Å²) in [5, 5.41) is 0. The molecular weight excluding hydrogens is 300 g/mol. The second-order valence-electron chi connectivity index (χ2n) is 8.42. The molecule has 0 spiro atoms. The summed E-state index contributed by atoms with van der Waals surface area (Å²) in [5.74, 6) is 0.791. The van der Waals surface area contributed by atoms with E-state index < -0.39 is 0 Å². The molecule has 24 heavy (non-hydrogen) atoms. The van der Waals surface area contributed by atoms with E-state index in [1.54, 1.807) is 4.90 Å². The molecule has 1 aliphatic carbocycles. The van der Waals surface area contributed by atoms with E-state index in [1.165, 1.54) is 0 Å². The van der Waals surface area contributed by atoms with Gasteiger partial charge in [0, 0.05) is 43.5 Å². The number of Topliss-reactive ketones (excluding diaryl/α,β-unsaturated/α-hetero) is 1. The van der Waals surface area contributed by atoms with Crippen molar-refractivity contribution in [3.8, 4) is 0 Å². The summed E-state index contributed by atoms with van der Waals surface area (Å²) in [7, 11) is 1.82. The number of hydrogen-bond donors (Lipinski definition) is 0. The van der Waals surface area contributed by atoms with Crippen LogP contribution in [0, 0.1) is 18.3 Å². The number of aromatic nitrogens is 1. The van der Waals surface area contributed by atoms with Gasteiger partial charge in [-0.2, -0.15) is 0 Å². The third-order valence-electron chi connectivity index (χ3n) is 5.10. The second-order valence-corrected chi connectivity index (χ2v) is 8.42. The molecule has 2 rings (SSSR count). The van der Waals surface area contributed by atoms with E-state index in [0.29, 0.717) is 25.3 Å². The number of carbonyl (C=O) groups excluding carboxylic acids is 2. The number of likely N-dealkylation sites (N-methyl/N-ethyl adjacent to an activating group) is 1. The van der Waals surface area contributed by atoms with Gasteiger partial charge in [0.2, 0.25) is 5.91 Å². The summed E-state index contributed by atoms with van der Waals surface area (Å²) in [6.45, 7) is 14.3. The van der Waals surface area contributed by atoms with Crippen LogP contribution < -0.4 is 0 Å². The number of carbonyl (C=O) groups is 2. The van der Waals surface area contributed by atoms with E-state index >= 15 is 0 Å². The van der Waals surface area contributed by atoms with Gasteiger partial charge in [0.05, 0.1) is 6.42 Å². The van der Waals surface area contributed by atoms with Gasteiger partial charge in [-0.05, 0) is 37.2 Å². The minimum atomic E-state index is -0.00883. The molecule has 1 aromatic rings. The lowest BCUT2D eigenvalue weighted by molar-refractivity contribution is -0.128. The molecule has 1 aliphatic rings. The van der Waals surface area contributed by atoms with E-state index in [0.717, 1.165) is 35.5 Å². The molecule has 0 radical (unpaired) electrons. The molecule has 0 fully saturated rings. The third kappa shape index (κ3) is 3.57. The molecule has 0 bridgehead atoms. The van der Waals surface area contributed by atoms with Gasteiger partial charge in [-0.15, -0.1) is 0 Å². The smallest absolute Gasteiger partial charge is 0.226 e. The SMILES string of the molecule is CCN(C)C(=O)Cc1c2c(n(CC(C)C)c1C)CC(C)(C)CC2=O. The van der Waals surface area contributed by atoms with Crippen molar-refractivity contribution in [3.63, 3.8) is 0 Å². The molecule has 0 N–H and O–H groups in total. The minimum absolute atomic E-state index is 0.00883. The molecular formula is C20H32N2O2. The van der Waals surface area contributed by atoms with Gasteiger partial charge >= 0.3 is 0 Å². The zero-order valence-corrected chi connectivity index (χ0v) is 16.3. The Balaban J connectivity index is 2.54. The van der Waals surface area contributed by atoms with Crippen LogP contribution >= 0.6 is 0 Å². The third-order valence-corrected chi connectivity index (χ3v) is 5.10. The van der Waals surface area contributed by atoms with Crippen LogP contribution in [-0.2, 0) is 24.2 Å². The minimum Gasteiger partial charge on any atom is -0.348 e. The van der Waals surface area contributed by atoms with Gasteiger partial charge in [-0.1, -0.05) is 27.7 Å². The van der Waals surface area contributed by atoms with Crippen LogP contribution in [0.25, 0.3) is 0 Å². The summed E-state index contributed by atoms with van der Waals surface area (Å²) in [5.41, 5.74) is 4.02. The summed E-state index contributed by atoms with van der Waals surface area (Å²) in [6.07, 6.45) is 1.80. The number of rotatable bonds is 5. The number of amides is 1. The van der Waals surface area contributed by atoms with Crippen molar-refractivity contribution in [2.24, 2.45) is 11.3 Å². The Labute approximate surface area is 146 Å². The molecule has 1 amide bonds. The van der Waals surface area contributed by atoms with Crippen molar-refractivity contribution >= 4 is 11.7 Å². The average Bonchev–Trinajstić information content (AvgIpc) is 2.70. The van der Waals surface area contributed by atoms with Gasteiger partial charge in [0.1, 0.15) is 0 Å². The van der Waals surface area contributed by atoms with Crippen LogP contribution in [-0.4, -0.2) is 34.7 Å². The normalized spacial score (nSPS) is 16.4. The quantitative estimate of drug-likeness (QED) is 0.826. The van der Waals surface area contributed by atoms with Gasteiger partial charge in [0.15, 0.2) is 5.78 Å². The predicted molar refractivity (Wildman–Crippen MR) is 97.5 cm³/mol. The van der Waals surface area contributed by atoms with E-state index in [2.05, 4.69) is 39.2 Å². The predicted octanol–water partition coefficient (Wildman–Crippen LogP) is 3.63. The molecule has 1 heterocycles. The molecule has 0 saturated carbocycles. The Bertz CT molecular complexity index is 653. The maximum Gasteiger partial charge on any atom is 0.226 e. The van der Waals surface area contributed by atoms with Crippen LogP contribution in [0.1, 0.15) is 68.3 Å². The fourth-order valence-corrected chi connectivity index (χ4v) is 3.70. The summed E-state index contributed by atoms with van der Waals surface area (Å²) < 4.78 is 2.30. The number of nitrogens with zero attached hydrogens (tertiary/aromatic N) is 2. The van der Waals surface area contributed by atoms with Crippen LogP contribution in [0.2, 0.25) is 0 Å². The zero-order chi connectivity index (χ0) is 18.2. The Morgan fingerprint density at radius 3 is 2.46 bits per heavy atom. The lowest BCUT2D eigenvalue weighted by Gasteiger charge is -2.30. The van der Waals surface area contributed by atoms with Gasteiger partial charge < -0.3 is 9.47 Å². The van der Waals surface area contributed by atoms with Crippen molar-refractivity contribution in [2.45, 2.75) is 67.3 Å². The van der Waals surface area contributed by atoms with Crippen LogP contribution in [0.15, 0.2) is 0 Å². The van der Waals surface area contributed by atoms with E-state index in [9.17, 15) is 9.59 Å². The van der Waals surface area contributed by atoms with Gasteiger partial charge in [-0.25, -0.2) is 0 Å². The first-order chi connectivity index (χ1) is 11.1. The average molecular weight is 332 g/mol. The van der Waals surface area contributed by atoms with Crippen LogP contribution in [0.3, 0.4) is 0 Å². The van der Waals surface area contributed by atoms with Crippen LogP contribution in [0.4, 0.5) is 0 Å². The highest BCUT2D eigenvalue weighted by Crippen LogP contribution is 2.39. The van der Waals surface area contributed by atoms with Crippen molar-refractivity contribution in [1.82, 2.24) is 9.47 Å². The summed E-state index contributed by atoms with van der Waals surface area (Å²) in [6, 6.07) is 0. The van der Waals surface area contributed by atoms with Crippen molar-refractivity contribution in [3.05, 3.63) is 22.5 Å². The number of ketones is 1. The highest BCUT2D eigenvalue weighted by molar-refractivity contribution is 6.01. The lowest BCUT2D eigenvalue weighted by atomic mass is 9.75. The fourth-order valence-electron chi connectivity index (χ4n) is 3.70. The Hall–Kier alpha value is -1.58. The summed E-state index contributed by atoms with van der Waals surface area (Å²) >= 11 is 0. The highest BCUT2D eigenvalue weighted by Gasteiger charge is 2.37. The molecule has 1 aromatic heterocycles. The zero-order valence-electron chi connectivity index (χ0n) is 16.3. The standard InChI is InChI=1S/C20H32N2O2/c1-8-21(7)18(24)9-15-14(4)22(12-13(2)3)16-10-20(5,6)11-17(23)19(15)16/h13H,8-12H2,1-7H3. The Morgan fingerprint density at radius 2 is 1.92 bits per heavy atom. The van der Waals surface area contributed by atoms with E-state index in [1.807, 2.05) is 14.0 Å². The molecule has 0 unspecified atom stereocenters. The topological polar surface area (TPSA) is 42.3 Å². The molecule has 0 aliphatic heterocycles. The highest BCUT2D eigenvalue weighted by atomic mass is 16.2. The Kier molecular flexibility index (Phi) is 5.26. The maximum atomic E-state index is 12.9. The molecule has 134 valence electrons. The Morgan fingerprint density at radius 1 is 1.29 bits per heavy atom. The van der Waals surface area contributed by atoms with Crippen molar-refractivity contribution in [1.29, 1.82) is 0 Å². The summed E-state index contributed by atoms with van der Waals surface area (Å²) in [4.78, 5) is 27.0. The first-order valence-corrected chi connectivity index (χ1v) is 9.05. The fraction of sp³-hybridized carbons (Fsp3) is 0.700. The molecule has 4 nitrogen and oxygen atoms in total. The van der Waals surface area contributed by atoms with Crippen LogP contribution in [0.5, 0.6) is 0 Å². The lowest BCUT2D eigenvalue weighted by Crippen LogP contribution is -2.30. The first-order valence-electron chi connectivity index (χ1n) is 9.05. The second kappa shape index (κ2) is 6.73. The van der Waals surface area contributed by atoms with Gasteiger partial charge in [-0.3, -0.25) is 9.59 Å². The van der Waals surface area contributed by atoms with Crippen molar-refractivity contribution < 1.29 is 9.59 Å². The first kappa shape index (κ1) is 18.8. The monoisotopic (exact) mass is 332 g/mol. The van der Waals surface area contributed by atoms with Crippen molar-refractivity contribution in [2.75, 3.05) is 13.6 Å². The van der Waals surface area contributed by atoms with E-state index in [4.69, 9.17) is 0 Å². The molecule has 0 aromatic carbocycles. The molecule has 0 atom stereocenters. The van der Waals surface area contributed by atoms with E-state index in [-0.39, 0.29) is 17.1 Å². The molecule has 0 saturated heterocycles.